The summed E-state index contributed by atoms with van der Waals surface area (Å²) in [5.74, 6) is -1.34. The molecule has 0 unspecified atom stereocenters. The van der Waals surface area contributed by atoms with Crippen molar-refractivity contribution in [3.05, 3.63) is 41.5 Å². The third kappa shape index (κ3) is 6.52. The molecule has 1 aromatic carbocycles. The van der Waals surface area contributed by atoms with Crippen LogP contribution in [0.5, 0.6) is 5.75 Å². The molecule has 0 heterocycles. The summed E-state index contributed by atoms with van der Waals surface area (Å²) in [5.41, 5.74) is 12.2. The lowest BCUT2D eigenvalue weighted by Crippen LogP contribution is -2.55. The Labute approximate surface area is 187 Å². The number of rotatable bonds is 9. The van der Waals surface area contributed by atoms with Gasteiger partial charge in [-0.05, 0) is 23.6 Å². The van der Waals surface area contributed by atoms with E-state index in [4.69, 9.17) is 16.2 Å². The van der Waals surface area contributed by atoms with Crippen LogP contribution in [0.3, 0.4) is 0 Å². The molecule has 0 fully saturated rings. The fraction of sp³-hybridized carbons (Fsp3) is 0.500. The summed E-state index contributed by atoms with van der Waals surface area (Å²) >= 11 is 0. The highest BCUT2D eigenvalue weighted by atomic mass is 16.5. The number of carbonyl (C=O) groups is 3. The minimum Gasteiger partial charge on any atom is -0.497 e. The Morgan fingerprint density at radius 2 is 1.81 bits per heavy atom. The van der Waals surface area contributed by atoms with Crippen molar-refractivity contribution in [3.8, 4) is 5.75 Å². The van der Waals surface area contributed by atoms with Crippen LogP contribution < -0.4 is 26.8 Å². The Bertz CT molecular complexity index is 854. The van der Waals surface area contributed by atoms with Gasteiger partial charge in [0.05, 0.1) is 25.3 Å². The number of ether oxygens (including phenoxy) is 1. The molecule has 0 saturated carbocycles. The van der Waals surface area contributed by atoms with E-state index >= 15 is 0 Å². The zero-order chi connectivity index (χ0) is 24.0. The van der Waals surface area contributed by atoms with Gasteiger partial charge in [-0.25, -0.2) is 0 Å². The van der Waals surface area contributed by atoms with Crippen LogP contribution in [-0.2, 0) is 20.8 Å². The lowest BCUT2D eigenvalue weighted by Gasteiger charge is -2.32. The zero-order valence-corrected chi connectivity index (χ0v) is 18.4. The van der Waals surface area contributed by atoms with Gasteiger partial charge in [-0.2, -0.15) is 0 Å². The molecule has 176 valence electrons. The standard InChI is InChI=1S/C22H32N4O6/c1-11(2)18(23)22(31)25-15-9-13(10-17(27)19(15)28)21(30)26-16(20(24)29)8-12-4-6-14(32-3)7-5-12/h4-7,9,11,15-19,27-28H,8,10,23H2,1-3H3,(H2,24,29)(H,25,31)(H,26,30)/t15-,16-,17+,18+,19+/m0/s1. The molecule has 0 aliphatic heterocycles. The Morgan fingerprint density at radius 1 is 1.19 bits per heavy atom. The van der Waals surface area contributed by atoms with Crippen LogP contribution in [0, 0.1) is 5.92 Å². The van der Waals surface area contributed by atoms with Crippen LogP contribution in [0.4, 0.5) is 0 Å². The van der Waals surface area contributed by atoms with Crippen LogP contribution in [0.1, 0.15) is 25.8 Å². The monoisotopic (exact) mass is 448 g/mol. The van der Waals surface area contributed by atoms with Gasteiger partial charge < -0.3 is 37.1 Å². The normalized spacial score (nSPS) is 22.5. The van der Waals surface area contributed by atoms with E-state index in [1.807, 2.05) is 0 Å². The van der Waals surface area contributed by atoms with E-state index in [-0.39, 0.29) is 24.3 Å². The Hall–Kier alpha value is -2.95. The smallest absolute Gasteiger partial charge is 0.247 e. The molecule has 5 atom stereocenters. The largest absolute Gasteiger partial charge is 0.497 e. The average Bonchev–Trinajstić information content (AvgIpc) is 2.75. The van der Waals surface area contributed by atoms with Crippen molar-refractivity contribution in [2.24, 2.45) is 17.4 Å². The number of nitrogens with two attached hydrogens (primary N) is 2. The molecule has 2 rings (SSSR count). The predicted molar refractivity (Wildman–Crippen MR) is 117 cm³/mol. The number of benzene rings is 1. The topological polar surface area (TPSA) is 177 Å². The van der Waals surface area contributed by atoms with Crippen molar-refractivity contribution in [3.63, 3.8) is 0 Å². The molecule has 8 N–H and O–H groups in total. The third-order valence-electron chi connectivity index (χ3n) is 5.44. The van der Waals surface area contributed by atoms with E-state index in [9.17, 15) is 24.6 Å². The SMILES string of the molecule is COc1ccc(C[C@H](NC(=O)C2=C[C@H](NC(=O)[C@H](N)C(C)C)[C@@H](O)[C@H](O)C2)C(N)=O)cc1. The number of amides is 3. The highest BCUT2D eigenvalue weighted by Crippen LogP contribution is 2.21. The molecule has 1 aromatic rings. The van der Waals surface area contributed by atoms with Crippen LogP contribution >= 0.6 is 0 Å². The number of aliphatic hydroxyl groups excluding tert-OH is 2. The van der Waals surface area contributed by atoms with E-state index in [1.165, 1.54) is 13.2 Å². The fourth-order valence-electron chi connectivity index (χ4n) is 3.30. The van der Waals surface area contributed by atoms with E-state index in [0.29, 0.717) is 5.75 Å². The van der Waals surface area contributed by atoms with Gasteiger partial charge in [-0.15, -0.1) is 0 Å². The number of aliphatic hydroxyl groups is 2. The third-order valence-corrected chi connectivity index (χ3v) is 5.44. The van der Waals surface area contributed by atoms with Crippen molar-refractivity contribution >= 4 is 17.7 Å². The molecule has 10 heteroatoms. The predicted octanol–water partition coefficient (Wildman–Crippen LogP) is -1.27. The van der Waals surface area contributed by atoms with Gasteiger partial charge in [0.2, 0.25) is 17.7 Å². The molecule has 0 spiro atoms. The van der Waals surface area contributed by atoms with Gasteiger partial charge in [-0.3, -0.25) is 14.4 Å². The number of nitrogens with one attached hydrogen (secondary N) is 2. The van der Waals surface area contributed by atoms with Crippen LogP contribution in [0.2, 0.25) is 0 Å². The maximum absolute atomic E-state index is 12.8. The van der Waals surface area contributed by atoms with E-state index < -0.39 is 48.1 Å². The number of primary amides is 1. The van der Waals surface area contributed by atoms with Gasteiger partial charge in [0.1, 0.15) is 17.9 Å². The first-order valence-electron chi connectivity index (χ1n) is 10.4. The second-order valence-electron chi connectivity index (χ2n) is 8.24. The van der Waals surface area contributed by atoms with Crippen molar-refractivity contribution in [2.75, 3.05) is 7.11 Å². The summed E-state index contributed by atoms with van der Waals surface area (Å²) < 4.78 is 5.10. The lowest BCUT2D eigenvalue weighted by atomic mass is 9.89. The minimum absolute atomic E-state index is 0.118. The van der Waals surface area contributed by atoms with Gasteiger partial charge in [0.15, 0.2) is 0 Å². The molecule has 10 nitrogen and oxygen atoms in total. The molecule has 0 aromatic heterocycles. The summed E-state index contributed by atoms with van der Waals surface area (Å²) in [4.78, 5) is 37.0. The van der Waals surface area contributed by atoms with Gasteiger partial charge in [-0.1, -0.05) is 32.1 Å². The summed E-state index contributed by atoms with van der Waals surface area (Å²) in [6.45, 7) is 3.55. The first-order valence-corrected chi connectivity index (χ1v) is 10.4. The molecule has 3 amide bonds. The number of hydrogen-bond acceptors (Lipinski definition) is 7. The summed E-state index contributed by atoms with van der Waals surface area (Å²) in [6.07, 6.45) is -1.21. The number of methoxy groups -OCH3 is 1. The molecule has 0 bridgehead atoms. The summed E-state index contributed by atoms with van der Waals surface area (Å²) in [7, 11) is 1.54. The van der Waals surface area contributed by atoms with Crippen LogP contribution in [-0.4, -0.2) is 65.4 Å². The fourth-order valence-corrected chi connectivity index (χ4v) is 3.30. The van der Waals surface area contributed by atoms with Crippen molar-refractivity contribution in [1.82, 2.24) is 10.6 Å². The van der Waals surface area contributed by atoms with Gasteiger partial charge in [0.25, 0.3) is 0 Å². The van der Waals surface area contributed by atoms with Gasteiger partial charge in [0, 0.05) is 18.4 Å². The Balaban J connectivity index is 2.13. The lowest BCUT2D eigenvalue weighted by molar-refractivity contribution is -0.126. The Morgan fingerprint density at radius 3 is 2.34 bits per heavy atom. The number of hydrogen-bond donors (Lipinski definition) is 6. The van der Waals surface area contributed by atoms with E-state index in [2.05, 4.69) is 10.6 Å². The summed E-state index contributed by atoms with van der Waals surface area (Å²) in [6, 6.07) is 4.15. The molecule has 0 radical (unpaired) electrons. The first-order chi connectivity index (χ1) is 15.0. The highest BCUT2D eigenvalue weighted by molar-refractivity contribution is 5.97. The maximum atomic E-state index is 12.8. The van der Waals surface area contributed by atoms with Crippen LogP contribution in [0.25, 0.3) is 0 Å². The average molecular weight is 449 g/mol. The molecule has 32 heavy (non-hydrogen) atoms. The van der Waals surface area contributed by atoms with Crippen molar-refractivity contribution in [2.45, 2.75) is 57.0 Å². The van der Waals surface area contributed by atoms with E-state index in [1.54, 1.807) is 38.1 Å². The highest BCUT2D eigenvalue weighted by Gasteiger charge is 2.35. The molecule has 1 aliphatic carbocycles. The van der Waals surface area contributed by atoms with E-state index in [0.717, 1.165) is 5.56 Å². The molecular formula is C22H32N4O6. The maximum Gasteiger partial charge on any atom is 0.247 e. The second-order valence-corrected chi connectivity index (χ2v) is 8.24. The first kappa shape index (κ1) is 25.3. The Kier molecular flexibility index (Phi) is 8.76. The minimum atomic E-state index is -1.30. The molecular weight excluding hydrogens is 416 g/mol. The van der Waals surface area contributed by atoms with Crippen molar-refractivity contribution < 1.29 is 29.3 Å². The second kappa shape index (κ2) is 11.1. The quantitative estimate of drug-likeness (QED) is 0.273. The summed E-state index contributed by atoms with van der Waals surface area (Å²) in [5, 5.41) is 25.6. The van der Waals surface area contributed by atoms with Crippen LogP contribution in [0.15, 0.2) is 35.9 Å². The molecule has 1 aliphatic rings. The van der Waals surface area contributed by atoms with Gasteiger partial charge >= 0.3 is 0 Å². The zero-order valence-electron chi connectivity index (χ0n) is 18.4. The number of carbonyl (C=O) groups excluding carboxylic acids is 3. The molecule has 0 saturated heterocycles. The van der Waals surface area contributed by atoms with Crippen molar-refractivity contribution in [1.29, 1.82) is 0 Å².